The first-order valence-corrected chi connectivity index (χ1v) is 5.49. The molecule has 0 aliphatic heterocycles. The number of hydrogen-bond donors (Lipinski definition) is 0. The van der Waals surface area contributed by atoms with Crippen molar-refractivity contribution in [1.82, 2.24) is 14.6 Å². The number of hydrogen-bond acceptors (Lipinski definition) is 6. The molecule has 0 amide bonds. The maximum Gasteiger partial charge on any atom is 0.255 e. The Bertz CT molecular complexity index is 375. The Balaban J connectivity index is 1.97. The summed E-state index contributed by atoms with van der Waals surface area (Å²) >= 11 is 8.43. The highest BCUT2D eigenvalue weighted by Crippen LogP contribution is 2.25. The Kier molecular flexibility index (Phi) is 2.82. The molecule has 0 radical (unpaired) electrons. The quantitative estimate of drug-likeness (QED) is 0.763. The minimum Gasteiger partial charge on any atom is -0.440 e. The van der Waals surface area contributed by atoms with E-state index in [-0.39, 0.29) is 0 Å². The number of halogens is 1. The molecule has 13 heavy (non-hydrogen) atoms. The first-order valence-electron chi connectivity index (χ1n) is 3.35. The first-order chi connectivity index (χ1) is 6.36. The fourth-order valence-corrected chi connectivity index (χ4v) is 2.21. The summed E-state index contributed by atoms with van der Waals surface area (Å²) in [5, 5.41) is 4.48. The van der Waals surface area contributed by atoms with Gasteiger partial charge in [0.1, 0.15) is 16.3 Å². The molecule has 0 saturated carbocycles. The second-order valence-corrected chi connectivity index (χ2v) is 4.36. The van der Waals surface area contributed by atoms with Gasteiger partial charge in [-0.25, -0.2) is 4.98 Å². The van der Waals surface area contributed by atoms with Gasteiger partial charge in [0.25, 0.3) is 5.22 Å². The van der Waals surface area contributed by atoms with Gasteiger partial charge in [0.15, 0.2) is 0 Å². The van der Waals surface area contributed by atoms with Gasteiger partial charge >= 0.3 is 0 Å². The van der Waals surface area contributed by atoms with Gasteiger partial charge in [0, 0.05) is 17.3 Å². The Morgan fingerprint density at radius 3 is 3.15 bits per heavy atom. The lowest BCUT2D eigenvalue weighted by Gasteiger charge is -1.91. The van der Waals surface area contributed by atoms with E-state index in [4.69, 9.17) is 16.0 Å². The van der Waals surface area contributed by atoms with Gasteiger partial charge in [-0.1, -0.05) is 27.9 Å². The largest absolute Gasteiger partial charge is 0.440 e. The molecular formula is C6H4ClN3OS2. The topological polar surface area (TPSA) is 51.8 Å². The molecule has 2 aromatic heterocycles. The normalized spacial score (nSPS) is 10.5. The maximum atomic E-state index is 5.81. The molecule has 2 aromatic rings. The predicted molar refractivity (Wildman–Crippen MR) is 51.0 cm³/mol. The number of nitrogens with zero attached hydrogens (tertiary/aromatic N) is 3. The summed E-state index contributed by atoms with van der Waals surface area (Å²) in [5.74, 6) is 0.635. The SMILES string of the molecule is Clc1snnc1CSc1ncco1. The van der Waals surface area contributed by atoms with Crippen molar-refractivity contribution in [2.24, 2.45) is 0 Å². The zero-order chi connectivity index (χ0) is 9.10. The van der Waals surface area contributed by atoms with Crippen molar-refractivity contribution in [2.45, 2.75) is 11.0 Å². The van der Waals surface area contributed by atoms with Crippen molar-refractivity contribution in [3.63, 3.8) is 0 Å². The summed E-state index contributed by atoms with van der Waals surface area (Å²) in [4.78, 5) is 3.95. The molecule has 0 unspecified atom stereocenters. The smallest absolute Gasteiger partial charge is 0.255 e. The van der Waals surface area contributed by atoms with E-state index in [9.17, 15) is 0 Å². The lowest BCUT2D eigenvalue weighted by atomic mass is 10.6. The fourth-order valence-electron chi connectivity index (χ4n) is 0.695. The van der Waals surface area contributed by atoms with Gasteiger partial charge in [0.05, 0.1) is 6.20 Å². The Labute approximate surface area is 87.5 Å². The van der Waals surface area contributed by atoms with Crippen LogP contribution in [0.3, 0.4) is 0 Å². The monoisotopic (exact) mass is 233 g/mol. The van der Waals surface area contributed by atoms with E-state index in [1.165, 1.54) is 29.6 Å². The summed E-state index contributed by atoms with van der Waals surface area (Å²) in [6.07, 6.45) is 3.13. The van der Waals surface area contributed by atoms with Crippen LogP contribution in [0.2, 0.25) is 4.34 Å². The second kappa shape index (κ2) is 4.08. The molecule has 7 heteroatoms. The predicted octanol–water partition coefficient (Wildman–Crippen LogP) is 2.47. The third-order valence-electron chi connectivity index (χ3n) is 1.25. The first kappa shape index (κ1) is 8.98. The molecule has 0 aliphatic carbocycles. The van der Waals surface area contributed by atoms with E-state index in [2.05, 4.69) is 14.6 Å². The molecular weight excluding hydrogens is 230 g/mol. The molecule has 0 bridgehead atoms. The summed E-state index contributed by atoms with van der Waals surface area (Å²) < 4.78 is 9.38. The second-order valence-electron chi connectivity index (χ2n) is 2.08. The number of aromatic nitrogens is 3. The lowest BCUT2D eigenvalue weighted by molar-refractivity contribution is 0.454. The molecule has 2 heterocycles. The molecule has 2 rings (SSSR count). The van der Waals surface area contributed by atoms with Crippen molar-refractivity contribution < 1.29 is 4.42 Å². The van der Waals surface area contributed by atoms with Crippen LogP contribution in [0.25, 0.3) is 0 Å². The van der Waals surface area contributed by atoms with E-state index in [1.807, 2.05) is 0 Å². The Morgan fingerprint density at radius 2 is 2.54 bits per heavy atom. The highest BCUT2D eigenvalue weighted by molar-refractivity contribution is 7.98. The van der Waals surface area contributed by atoms with Crippen LogP contribution in [-0.2, 0) is 5.75 Å². The van der Waals surface area contributed by atoms with Gasteiger partial charge < -0.3 is 4.42 Å². The Morgan fingerprint density at radius 1 is 1.62 bits per heavy atom. The van der Waals surface area contributed by atoms with Crippen LogP contribution in [0.15, 0.2) is 22.1 Å². The van der Waals surface area contributed by atoms with Crippen molar-refractivity contribution in [3.05, 3.63) is 22.5 Å². The highest BCUT2D eigenvalue weighted by atomic mass is 35.5. The van der Waals surface area contributed by atoms with Crippen LogP contribution in [0, 0.1) is 0 Å². The summed E-state index contributed by atoms with van der Waals surface area (Å²) in [6.45, 7) is 0. The van der Waals surface area contributed by atoms with Crippen molar-refractivity contribution >= 4 is 34.9 Å². The molecule has 4 nitrogen and oxygen atoms in total. The average molecular weight is 234 g/mol. The van der Waals surface area contributed by atoms with Gasteiger partial charge in [-0.3, -0.25) is 0 Å². The fraction of sp³-hybridized carbons (Fsp3) is 0.167. The lowest BCUT2D eigenvalue weighted by Crippen LogP contribution is -1.81. The molecule has 68 valence electrons. The number of oxazole rings is 1. The van der Waals surface area contributed by atoms with Crippen LogP contribution in [0.4, 0.5) is 0 Å². The van der Waals surface area contributed by atoms with E-state index in [1.54, 1.807) is 6.20 Å². The summed E-state index contributed by atoms with van der Waals surface area (Å²) in [6, 6.07) is 0. The summed E-state index contributed by atoms with van der Waals surface area (Å²) in [5.41, 5.74) is 0.773. The van der Waals surface area contributed by atoms with Gasteiger partial charge in [-0.15, -0.1) is 5.10 Å². The van der Waals surface area contributed by atoms with Crippen LogP contribution in [0.5, 0.6) is 0 Å². The molecule has 0 aromatic carbocycles. The minimum atomic E-state index is 0.615. The third kappa shape index (κ3) is 2.20. The van der Waals surface area contributed by atoms with Crippen molar-refractivity contribution in [2.75, 3.05) is 0 Å². The van der Waals surface area contributed by atoms with Gasteiger partial charge in [-0.2, -0.15) is 0 Å². The van der Waals surface area contributed by atoms with Crippen LogP contribution < -0.4 is 0 Å². The van der Waals surface area contributed by atoms with E-state index >= 15 is 0 Å². The summed E-state index contributed by atoms with van der Waals surface area (Å²) in [7, 11) is 0. The molecule has 0 spiro atoms. The third-order valence-corrected chi connectivity index (χ3v) is 3.10. The van der Waals surface area contributed by atoms with Crippen LogP contribution in [-0.4, -0.2) is 14.6 Å². The van der Waals surface area contributed by atoms with E-state index in [0.29, 0.717) is 15.3 Å². The zero-order valence-electron chi connectivity index (χ0n) is 6.31. The van der Waals surface area contributed by atoms with Crippen LogP contribution >= 0.6 is 34.9 Å². The zero-order valence-corrected chi connectivity index (χ0v) is 8.70. The molecule has 0 saturated heterocycles. The standard InChI is InChI=1S/C6H4ClN3OS2/c7-5-4(9-10-13-5)3-12-6-8-1-2-11-6/h1-2H,3H2. The number of thioether (sulfide) groups is 1. The molecule has 0 N–H and O–H groups in total. The van der Waals surface area contributed by atoms with Crippen molar-refractivity contribution in [3.8, 4) is 0 Å². The highest BCUT2D eigenvalue weighted by Gasteiger charge is 2.07. The van der Waals surface area contributed by atoms with Gasteiger partial charge in [-0.05, 0) is 0 Å². The molecule has 0 fully saturated rings. The Hall–Kier alpha value is -0.590. The maximum absolute atomic E-state index is 5.81. The molecule has 0 aliphatic rings. The number of rotatable bonds is 3. The van der Waals surface area contributed by atoms with E-state index in [0.717, 1.165) is 5.69 Å². The van der Waals surface area contributed by atoms with Crippen molar-refractivity contribution in [1.29, 1.82) is 0 Å². The van der Waals surface area contributed by atoms with E-state index < -0.39 is 0 Å². The average Bonchev–Trinajstić information content (AvgIpc) is 2.72. The molecule has 0 atom stereocenters. The van der Waals surface area contributed by atoms with Gasteiger partial charge in [0.2, 0.25) is 0 Å². The van der Waals surface area contributed by atoms with Crippen LogP contribution in [0.1, 0.15) is 5.69 Å². The minimum absolute atomic E-state index is 0.615.